The maximum Gasteiger partial charge on any atom is 0.307 e. The minimum atomic E-state index is -4.06. The highest BCUT2D eigenvalue weighted by Crippen LogP contribution is 2.37. The van der Waals surface area contributed by atoms with Gasteiger partial charge in [-0.15, -0.1) is 0 Å². The minimum absolute atomic E-state index is 0.0570. The third-order valence-corrected chi connectivity index (χ3v) is 4.92. The number of nitro benzene ring substituents is 1. The number of rotatable bonds is 6. The second-order valence-electron chi connectivity index (χ2n) is 5.11. The van der Waals surface area contributed by atoms with Gasteiger partial charge in [-0.05, 0) is 12.1 Å². The van der Waals surface area contributed by atoms with Crippen LogP contribution in [0.25, 0.3) is 0 Å². The maximum atomic E-state index is 12.2. The normalized spacial score (nSPS) is 12.4. The Morgan fingerprint density at radius 1 is 1.38 bits per heavy atom. The number of nitro groups is 1. The molecule has 2 N–H and O–H groups in total. The van der Waals surface area contributed by atoms with Crippen molar-refractivity contribution in [2.24, 2.45) is 5.41 Å². The van der Waals surface area contributed by atoms with Crippen LogP contribution in [0, 0.1) is 15.5 Å². The van der Waals surface area contributed by atoms with Crippen LogP contribution in [0.2, 0.25) is 10.0 Å². The van der Waals surface area contributed by atoms with E-state index in [0.29, 0.717) is 0 Å². The molecule has 118 valence electrons. The maximum absolute atomic E-state index is 12.2. The molecule has 0 heterocycles. The van der Waals surface area contributed by atoms with Gasteiger partial charge in [-0.2, -0.15) is 0 Å². The molecular formula is C11H14Cl2N2O5S. The van der Waals surface area contributed by atoms with Crippen molar-refractivity contribution in [1.29, 1.82) is 0 Å². The van der Waals surface area contributed by atoms with Crippen molar-refractivity contribution in [1.82, 2.24) is 4.72 Å². The molecule has 0 spiro atoms. The summed E-state index contributed by atoms with van der Waals surface area (Å²) in [6.45, 7) is 3.02. The van der Waals surface area contributed by atoms with E-state index in [1.165, 1.54) is 0 Å². The largest absolute Gasteiger partial charge is 0.396 e. The molecule has 1 aromatic carbocycles. The van der Waals surface area contributed by atoms with Crippen LogP contribution in [0.4, 0.5) is 5.69 Å². The molecule has 0 amide bonds. The predicted molar refractivity (Wildman–Crippen MR) is 79.2 cm³/mol. The molecule has 7 nitrogen and oxygen atoms in total. The van der Waals surface area contributed by atoms with Crippen LogP contribution in [-0.4, -0.2) is 31.6 Å². The predicted octanol–water partition coefficient (Wildman–Crippen LogP) is 2.20. The van der Waals surface area contributed by atoms with E-state index in [2.05, 4.69) is 4.72 Å². The lowest BCUT2D eigenvalue weighted by Gasteiger charge is -2.21. The molecule has 0 radical (unpaired) electrons. The number of aliphatic hydroxyl groups excluding tert-OH is 1. The van der Waals surface area contributed by atoms with Crippen LogP contribution < -0.4 is 4.72 Å². The first-order valence-electron chi connectivity index (χ1n) is 5.75. The van der Waals surface area contributed by atoms with Gasteiger partial charge < -0.3 is 5.11 Å². The summed E-state index contributed by atoms with van der Waals surface area (Å²) in [6, 6.07) is 2.18. The van der Waals surface area contributed by atoms with E-state index >= 15 is 0 Å². The zero-order valence-corrected chi connectivity index (χ0v) is 13.6. The summed E-state index contributed by atoms with van der Waals surface area (Å²) in [5.41, 5.74) is -1.35. The zero-order chi connectivity index (χ0) is 16.4. The highest BCUT2D eigenvalue weighted by molar-refractivity contribution is 7.89. The summed E-state index contributed by atoms with van der Waals surface area (Å²) in [7, 11) is -4.06. The number of aliphatic hydroxyl groups is 1. The molecule has 0 aliphatic carbocycles. The molecule has 1 aromatic rings. The summed E-state index contributed by atoms with van der Waals surface area (Å²) in [6.07, 6.45) is 0. The number of hydrogen-bond acceptors (Lipinski definition) is 5. The van der Waals surface area contributed by atoms with Gasteiger partial charge in [-0.3, -0.25) is 10.1 Å². The number of sulfonamides is 1. The van der Waals surface area contributed by atoms with E-state index in [1.54, 1.807) is 13.8 Å². The van der Waals surface area contributed by atoms with E-state index < -0.39 is 36.0 Å². The minimum Gasteiger partial charge on any atom is -0.396 e. The van der Waals surface area contributed by atoms with Crippen molar-refractivity contribution >= 4 is 38.9 Å². The Balaban J connectivity index is 3.22. The molecule has 0 saturated heterocycles. The van der Waals surface area contributed by atoms with E-state index in [0.717, 1.165) is 12.1 Å². The van der Waals surface area contributed by atoms with Gasteiger partial charge in [0.05, 0.1) is 4.92 Å². The Kier molecular flexibility index (Phi) is 5.57. The average Bonchev–Trinajstić information content (AvgIpc) is 2.36. The molecule has 0 bridgehead atoms. The van der Waals surface area contributed by atoms with Gasteiger partial charge >= 0.3 is 5.69 Å². The topological polar surface area (TPSA) is 110 Å². The summed E-state index contributed by atoms with van der Waals surface area (Å²) in [5, 5.41) is 19.2. The Bertz CT molecular complexity index is 661. The first-order valence-corrected chi connectivity index (χ1v) is 7.98. The van der Waals surface area contributed by atoms with Crippen molar-refractivity contribution in [2.45, 2.75) is 18.7 Å². The lowest BCUT2D eigenvalue weighted by molar-refractivity contribution is -0.384. The quantitative estimate of drug-likeness (QED) is 0.599. The fourth-order valence-electron chi connectivity index (χ4n) is 1.32. The smallest absolute Gasteiger partial charge is 0.307 e. The number of nitrogens with zero attached hydrogens (tertiary/aromatic N) is 1. The standard InChI is InChI=1S/C11H14Cl2N2O5S/c1-11(2,6-16)5-14-21(19,20)8-4-3-7(12)10(9(8)13)15(17)18/h3-4,14,16H,5-6H2,1-2H3. The number of nitrogens with one attached hydrogen (secondary N) is 1. The summed E-state index contributed by atoms with van der Waals surface area (Å²) >= 11 is 11.4. The van der Waals surface area contributed by atoms with Gasteiger partial charge in [0.25, 0.3) is 0 Å². The van der Waals surface area contributed by atoms with Crippen molar-refractivity contribution in [2.75, 3.05) is 13.2 Å². The highest BCUT2D eigenvalue weighted by atomic mass is 35.5. The fraction of sp³-hybridized carbons (Fsp3) is 0.455. The van der Waals surface area contributed by atoms with Gasteiger partial charge in [-0.25, -0.2) is 13.1 Å². The molecule has 0 aliphatic heterocycles. The third kappa shape index (κ3) is 4.27. The highest BCUT2D eigenvalue weighted by Gasteiger charge is 2.29. The van der Waals surface area contributed by atoms with Crippen LogP contribution in [0.1, 0.15) is 13.8 Å². The first kappa shape index (κ1) is 18.1. The monoisotopic (exact) mass is 356 g/mol. The van der Waals surface area contributed by atoms with Crippen molar-refractivity contribution in [3.8, 4) is 0 Å². The molecule has 10 heteroatoms. The number of halogens is 2. The molecule has 0 aliphatic rings. The van der Waals surface area contributed by atoms with E-state index in [9.17, 15) is 18.5 Å². The molecule has 1 rings (SSSR count). The van der Waals surface area contributed by atoms with Crippen molar-refractivity contribution in [3.05, 3.63) is 32.3 Å². The molecule has 21 heavy (non-hydrogen) atoms. The SMILES string of the molecule is CC(C)(CO)CNS(=O)(=O)c1ccc(Cl)c([N+](=O)[O-])c1Cl. The van der Waals surface area contributed by atoms with Crippen LogP contribution in [0.3, 0.4) is 0 Å². The van der Waals surface area contributed by atoms with Gasteiger partial charge in [0, 0.05) is 18.6 Å². The van der Waals surface area contributed by atoms with Gasteiger partial charge in [0.2, 0.25) is 10.0 Å². The molecular weight excluding hydrogens is 343 g/mol. The van der Waals surface area contributed by atoms with Crippen LogP contribution >= 0.6 is 23.2 Å². The van der Waals surface area contributed by atoms with Crippen LogP contribution in [-0.2, 0) is 10.0 Å². The van der Waals surface area contributed by atoms with Crippen molar-refractivity contribution in [3.63, 3.8) is 0 Å². The lowest BCUT2D eigenvalue weighted by atomic mass is 9.96. The van der Waals surface area contributed by atoms with E-state index in [4.69, 9.17) is 28.3 Å². The van der Waals surface area contributed by atoms with Crippen molar-refractivity contribution < 1.29 is 18.4 Å². The molecule has 0 atom stereocenters. The van der Waals surface area contributed by atoms with Gasteiger partial charge in [0.15, 0.2) is 0 Å². The molecule has 0 fully saturated rings. The molecule has 0 aromatic heterocycles. The average molecular weight is 357 g/mol. The summed E-state index contributed by atoms with van der Waals surface area (Å²) < 4.78 is 26.6. The Morgan fingerprint density at radius 3 is 2.43 bits per heavy atom. The second-order valence-corrected chi connectivity index (χ2v) is 7.63. The Labute approximate surface area is 132 Å². The van der Waals surface area contributed by atoms with E-state index in [1.807, 2.05) is 0 Å². The van der Waals surface area contributed by atoms with Crippen LogP contribution in [0.5, 0.6) is 0 Å². The fourth-order valence-corrected chi connectivity index (χ4v) is 3.45. The van der Waals surface area contributed by atoms with Crippen LogP contribution in [0.15, 0.2) is 17.0 Å². The lowest BCUT2D eigenvalue weighted by Crippen LogP contribution is -2.36. The molecule has 0 saturated carbocycles. The van der Waals surface area contributed by atoms with Gasteiger partial charge in [0.1, 0.15) is 14.9 Å². The van der Waals surface area contributed by atoms with Gasteiger partial charge in [-0.1, -0.05) is 37.0 Å². The first-order chi connectivity index (χ1) is 9.52. The number of hydrogen-bond donors (Lipinski definition) is 2. The number of benzene rings is 1. The second kappa shape index (κ2) is 6.45. The van der Waals surface area contributed by atoms with E-state index in [-0.39, 0.29) is 18.2 Å². The zero-order valence-electron chi connectivity index (χ0n) is 11.3. The Hall–Kier alpha value is -0.930. The third-order valence-electron chi connectivity index (χ3n) is 2.67. The molecule has 0 unspecified atom stereocenters. The summed E-state index contributed by atoms with van der Waals surface area (Å²) in [5.74, 6) is 0. The Morgan fingerprint density at radius 2 is 1.95 bits per heavy atom. The summed E-state index contributed by atoms with van der Waals surface area (Å²) in [4.78, 5) is 9.59.